The van der Waals surface area contributed by atoms with Gasteiger partial charge in [-0.1, -0.05) is 11.6 Å². The van der Waals surface area contributed by atoms with Crippen LogP contribution in [0.5, 0.6) is 17.2 Å². The van der Waals surface area contributed by atoms with Crippen molar-refractivity contribution in [1.29, 1.82) is 0 Å². The quantitative estimate of drug-likeness (QED) is 0.227. The van der Waals surface area contributed by atoms with E-state index >= 15 is 0 Å². The molecule has 47 heavy (non-hydrogen) atoms. The van der Waals surface area contributed by atoms with Crippen LogP contribution < -0.4 is 24.8 Å². The molecule has 2 heterocycles. The third kappa shape index (κ3) is 7.49. The SMILES string of the molecule is COc1cc(C(=O)NCC(O)(c2cc3c(c(-c4ccc(F)c(Cl)c4)n2)OCC3NC(=O)OC(C)(C)C)C(F)(F)F)ccc1OC1CC1. The number of nitrogens with one attached hydrogen (secondary N) is 2. The molecule has 2 aliphatic rings. The van der Waals surface area contributed by atoms with Crippen LogP contribution in [-0.4, -0.2) is 60.2 Å². The molecule has 252 valence electrons. The largest absolute Gasteiger partial charge is 0.493 e. The standard InChI is InChI=1S/C32H32ClF4N3O7/c1-30(2,3)47-29(42)39-22-14-45-27-19(22)13-25(40-26(27)16-5-9-21(34)20(33)11-16)31(43,32(35,36)37)15-38-28(41)17-6-10-23(24(12-17)44-4)46-18-7-8-18/h5-6,9-13,18,22,43H,7-8,14-15H2,1-4H3,(H,38,41)(H,39,42). The van der Waals surface area contributed by atoms with Gasteiger partial charge in [0.2, 0.25) is 5.60 Å². The van der Waals surface area contributed by atoms with E-state index in [-0.39, 0.29) is 51.6 Å². The number of methoxy groups -OCH3 is 1. The average Bonchev–Trinajstić information content (AvgIpc) is 3.73. The van der Waals surface area contributed by atoms with Crippen LogP contribution in [0.3, 0.4) is 0 Å². The number of nitrogens with zero attached hydrogens (tertiary/aromatic N) is 1. The highest BCUT2D eigenvalue weighted by Crippen LogP contribution is 2.46. The van der Waals surface area contributed by atoms with Crippen LogP contribution in [0.15, 0.2) is 42.5 Å². The summed E-state index contributed by atoms with van der Waals surface area (Å²) < 4.78 is 80.4. The summed E-state index contributed by atoms with van der Waals surface area (Å²) in [6, 6.07) is 7.42. The first-order valence-corrected chi connectivity index (χ1v) is 14.9. The Morgan fingerprint density at radius 2 is 1.81 bits per heavy atom. The first-order chi connectivity index (χ1) is 22.0. The minimum absolute atomic E-state index is 0.0216. The van der Waals surface area contributed by atoms with Crippen molar-refractivity contribution in [3.05, 3.63) is 70.1 Å². The summed E-state index contributed by atoms with van der Waals surface area (Å²) in [7, 11) is 1.36. The Morgan fingerprint density at radius 3 is 2.43 bits per heavy atom. The minimum Gasteiger partial charge on any atom is -0.493 e. The second-order valence-corrected chi connectivity index (χ2v) is 12.5. The molecule has 0 bridgehead atoms. The fourth-order valence-corrected chi connectivity index (χ4v) is 4.94. The smallest absolute Gasteiger partial charge is 0.424 e. The van der Waals surface area contributed by atoms with Gasteiger partial charge in [0.05, 0.1) is 36.5 Å². The van der Waals surface area contributed by atoms with E-state index in [4.69, 9.17) is 30.5 Å². The summed E-state index contributed by atoms with van der Waals surface area (Å²) in [5.41, 5.74) is -5.70. The van der Waals surface area contributed by atoms with Crippen LogP contribution in [0.4, 0.5) is 22.4 Å². The third-order valence-electron chi connectivity index (χ3n) is 7.30. The molecule has 1 aliphatic carbocycles. The van der Waals surface area contributed by atoms with E-state index < -0.39 is 53.5 Å². The van der Waals surface area contributed by atoms with Crippen LogP contribution in [0.25, 0.3) is 11.3 Å². The number of halogens is 5. The molecule has 1 fully saturated rings. The molecule has 3 N–H and O–H groups in total. The molecule has 2 amide bonds. The average molecular weight is 682 g/mol. The monoisotopic (exact) mass is 681 g/mol. The summed E-state index contributed by atoms with van der Waals surface area (Å²) in [6.45, 7) is 3.33. The Labute approximate surface area is 272 Å². The van der Waals surface area contributed by atoms with Gasteiger partial charge in [-0.3, -0.25) is 4.79 Å². The Hall–Kier alpha value is -4.30. The summed E-state index contributed by atoms with van der Waals surface area (Å²) in [5, 5.41) is 15.7. The van der Waals surface area contributed by atoms with Crippen LogP contribution in [0.1, 0.15) is 61.3 Å². The van der Waals surface area contributed by atoms with Crippen LogP contribution in [0, 0.1) is 5.82 Å². The van der Waals surface area contributed by atoms with E-state index in [1.54, 1.807) is 20.8 Å². The number of ether oxygens (including phenoxy) is 4. The molecule has 2 atom stereocenters. The maximum Gasteiger partial charge on any atom is 0.424 e. The number of aliphatic hydroxyl groups is 1. The Balaban J connectivity index is 1.51. The number of carbonyl (C=O) groups is 2. The lowest BCUT2D eigenvalue weighted by atomic mass is 9.93. The highest BCUT2D eigenvalue weighted by Gasteiger charge is 2.57. The predicted octanol–water partition coefficient (Wildman–Crippen LogP) is 6.23. The number of alkyl halides is 3. The number of hydrogen-bond donors (Lipinski definition) is 3. The van der Waals surface area contributed by atoms with E-state index in [0.717, 1.165) is 31.0 Å². The normalized spacial score (nSPS) is 17.2. The van der Waals surface area contributed by atoms with Crippen molar-refractivity contribution in [2.45, 2.75) is 63.1 Å². The Morgan fingerprint density at radius 1 is 1.09 bits per heavy atom. The number of carbonyl (C=O) groups excluding carboxylic acids is 2. The van der Waals surface area contributed by atoms with Crippen LogP contribution in [0.2, 0.25) is 5.02 Å². The van der Waals surface area contributed by atoms with E-state index in [1.807, 2.05) is 0 Å². The van der Waals surface area contributed by atoms with Crippen molar-refractivity contribution < 1.29 is 51.2 Å². The van der Waals surface area contributed by atoms with Crippen molar-refractivity contribution in [3.8, 4) is 28.5 Å². The lowest BCUT2D eigenvalue weighted by Gasteiger charge is -2.31. The molecule has 5 rings (SSSR count). The molecule has 1 aromatic heterocycles. The molecule has 15 heteroatoms. The van der Waals surface area contributed by atoms with Gasteiger partial charge in [0.15, 0.2) is 17.2 Å². The summed E-state index contributed by atoms with van der Waals surface area (Å²) in [5.74, 6) is -1.16. The van der Waals surface area contributed by atoms with Crippen LogP contribution in [-0.2, 0) is 10.3 Å². The number of pyridine rings is 1. The second kappa shape index (κ2) is 12.7. The molecule has 0 radical (unpaired) electrons. The zero-order valence-electron chi connectivity index (χ0n) is 25.8. The number of aromatic nitrogens is 1. The van der Waals surface area contributed by atoms with Gasteiger partial charge in [-0.15, -0.1) is 0 Å². The van der Waals surface area contributed by atoms with Gasteiger partial charge < -0.3 is 34.7 Å². The van der Waals surface area contributed by atoms with E-state index in [1.165, 1.54) is 31.4 Å². The summed E-state index contributed by atoms with van der Waals surface area (Å²) in [4.78, 5) is 29.8. The third-order valence-corrected chi connectivity index (χ3v) is 7.59. The molecule has 10 nitrogen and oxygen atoms in total. The van der Waals surface area contributed by atoms with Crippen molar-refractivity contribution >= 4 is 23.6 Å². The van der Waals surface area contributed by atoms with Gasteiger partial charge in [0.25, 0.3) is 5.91 Å². The molecular weight excluding hydrogens is 650 g/mol. The number of rotatable bonds is 9. The van der Waals surface area contributed by atoms with Gasteiger partial charge in [-0.05, 0) is 76.1 Å². The van der Waals surface area contributed by atoms with Crippen molar-refractivity contribution in [2.24, 2.45) is 0 Å². The van der Waals surface area contributed by atoms with Gasteiger partial charge in [-0.2, -0.15) is 13.2 Å². The van der Waals surface area contributed by atoms with Gasteiger partial charge in [0.1, 0.15) is 23.7 Å². The maximum absolute atomic E-state index is 14.8. The molecule has 0 saturated heterocycles. The minimum atomic E-state index is -5.37. The van der Waals surface area contributed by atoms with Crippen molar-refractivity contribution in [3.63, 3.8) is 0 Å². The molecule has 3 aromatic rings. The zero-order valence-corrected chi connectivity index (χ0v) is 26.5. The highest BCUT2D eigenvalue weighted by atomic mass is 35.5. The molecule has 2 aromatic carbocycles. The first kappa shape index (κ1) is 34.0. The molecule has 0 spiro atoms. The lowest BCUT2D eigenvalue weighted by molar-refractivity contribution is -0.265. The summed E-state index contributed by atoms with van der Waals surface area (Å²) >= 11 is 5.97. The van der Waals surface area contributed by atoms with E-state index in [9.17, 15) is 32.3 Å². The Bertz CT molecular complexity index is 1690. The van der Waals surface area contributed by atoms with Gasteiger partial charge in [0, 0.05) is 16.7 Å². The molecule has 2 unspecified atom stereocenters. The maximum atomic E-state index is 14.8. The summed E-state index contributed by atoms with van der Waals surface area (Å²) in [6.07, 6.45) is -4.46. The highest BCUT2D eigenvalue weighted by molar-refractivity contribution is 6.31. The van der Waals surface area contributed by atoms with E-state index in [0.29, 0.717) is 5.75 Å². The van der Waals surface area contributed by atoms with Crippen molar-refractivity contribution in [1.82, 2.24) is 15.6 Å². The molecular formula is C32H32ClF4N3O7. The topological polar surface area (TPSA) is 128 Å². The fraction of sp³-hybridized carbons (Fsp3) is 0.406. The number of alkyl carbamates (subject to hydrolysis) is 1. The van der Waals surface area contributed by atoms with Crippen molar-refractivity contribution in [2.75, 3.05) is 20.3 Å². The molecule has 1 aliphatic heterocycles. The number of fused-ring (bicyclic) bond motifs is 1. The van der Waals surface area contributed by atoms with Crippen LogP contribution >= 0.6 is 11.6 Å². The number of benzene rings is 2. The fourth-order valence-electron chi connectivity index (χ4n) is 4.76. The lowest BCUT2D eigenvalue weighted by Crippen LogP contribution is -2.51. The second-order valence-electron chi connectivity index (χ2n) is 12.1. The van der Waals surface area contributed by atoms with Gasteiger partial charge >= 0.3 is 12.3 Å². The van der Waals surface area contributed by atoms with E-state index in [2.05, 4.69) is 15.6 Å². The predicted molar refractivity (Wildman–Crippen MR) is 161 cm³/mol. The number of hydrogen-bond acceptors (Lipinski definition) is 8. The molecule has 1 saturated carbocycles. The first-order valence-electron chi connectivity index (χ1n) is 14.5. The van der Waals surface area contributed by atoms with Gasteiger partial charge in [-0.25, -0.2) is 14.2 Å². The zero-order chi connectivity index (χ0) is 34.3. The Kier molecular flexibility index (Phi) is 9.21. The number of amides is 2.